The molecule has 0 radical (unpaired) electrons. The van der Waals surface area contributed by atoms with Crippen LogP contribution in [0.1, 0.15) is 13.8 Å². The van der Waals surface area contributed by atoms with E-state index in [9.17, 15) is 4.79 Å². The number of carbonyl (C=O) groups is 1. The predicted octanol–water partition coefficient (Wildman–Crippen LogP) is 2.67. The molecule has 4 nitrogen and oxygen atoms in total. The Kier molecular flexibility index (Phi) is 4.58. The summed E-state index contributed by atoms with van der Waals surface area (Å²) < 4.78 is 11.4. The average Bonchev–Trinajstić information content (AvgIpc) is 2.38. The highest BCUT2D eigenvalue weighted by Crippen LogP contribution is 2.32. The van der Waals surface area contributed by atoms with Gasteiger partial charge in [-0.3, -0.25) is 4.79 Å². The van der Waals surface area contributed by atoms with Crippen LogP contribution in [0.4, 0.5) is 0 Å². The SMILES string of the molecule is CC(C)C(SCC1COc2ccccc2O1)C(=O)O. The standard InChI is InChI=1S/C14H18O4S/c1-9(2)13(14(15)16)19-8-10-7-17-11-5-3-4-6-12(11)18-10/h3-6,9-10,13H,7-8H2,1-2H3,(H,15,16). The van der Waals surface area contributed by atoms with Crippen LogP contribution in [0.5, 0.6) is 11.5 Å². The molecule has 1 aliphatic heterocycles. The maximum absolute atomic E-state index is 11.1. The summed E-state index contributed by atoms with van der Waals surface area (Å²) in [5.74, 6) is 1.43. The predicted molar refractivity (Wildman–Crippen MR) is 75.1 cm³/mol. The molecular formula is C14H18O4S. The van der Waals surface area contributed by atoms with Crippen molar-refractivity contribution >= 4 is 17.7 Å². The third kappa shape index (κ3) is 3.56. The number of carboxylic acid groups (broad SMARTS) is 1. The molecule has 0 saturated carbocycles. The topological polar surface area (TPSA) is 55.8 Å². The fraction of sp³-hybridized carbons (Fsp3) is 0.500. The zero-order valence-electron chi connectivity index (χ0n) is 11.0. The van der Waals surface area contributed by atoms with Crippen LogP contribution >= 0.6 is 11.8 Å². The van der Waals surface area contributed by atoms with Gasteiger partial charge in [0.1, 0.15) is 18.0 Å². The van der Waals surface area contributed by atoms with E-state index >= 15 is 0 Å². The van der Waals surface area contributed by atoms with E-state index in [0.29, 0.717) is 12.4 Å². The molecule has 0 aliphatic carbocycles. The van der Waals surface area contributed by atoms with Crippen molar-refractivity contribution in [1.29, 1.82) is 0 Å². The lowest BCUT2D eigenvalue weighted by atomic mass is 10.1. The number of aliphatic carboxylic acids is 1. The Bertz CT molecular complexity index is 447. The number of hydrogen-bond acceptors (Lipinski definition) is 4. The maximum Gasteiger partial charge on any atom is 0.316 e. The molecule has 2 atom stereocenters. The first kappa shape index (κ1) is 14.1. The molecule has 2 unspecified atom stereocenters. The van der Waals surface area contributed by atoms with Gasteiger partial charge in [0, 0.05) is 5.75 Å². The van der Waals surface area contributed by atoms with Gasteiger partial charge in [0.25, 0.3) is 0 Å². The van der Waals surface area contributed by atoms with Gasteiger partial charge in [0.2, 0.25) is 0 Å². The van der Waals surface area contributed by atoms with Crippen molar-refractivity contribution < 1.29 is 19.4 Å². The van der Waals surface area contributed by atoms with Gasteiger partial charge in [0.05, 0.1) is 0 Å². The summed E-state index contributed by atoms with van der Waals surface area (Å²) in [7, 11) is 0. The van der Waals surface area contributed by atoms with E-state index in [4.69, 9.17) is 14.6 Å². The van der Waals surface area contributed by atoms with Crippen LogP contribution in [0.25, 0.3) is 0 Å². The Labute approximate surface area is 117 Å². The molecule has 5 heteroatoms. The first-order valence-electron chi connectivity index (χ1n) is 6.31. The molecule has 19 heavy (non-hydrogen) atoms. The normalized spacial score (nSPS) is 19.2. The average molecular weight is 282 g/mol. The second-order valence-corrected chi connectivity index (χ2v) is 6.01. The van der Waals surface area contributed by atoms with E-state index in [1.165, 1.54) is 11.8 Å². The third-order valence-electron chi connectivity index (χ3n) is 2.88. The Balaban J connectivity index is 1.90. The number of thioether (sulfide) groups is 1. The van der Waals surface area contributed by atoms with E-state index < -0.39 is 11.2 Å². The first-order chi connectivity index (χ1) is 9.08. The molecular weight excluding hydrogens is 264 g/mol. The fourth-order valence-electron chi connectivity index (χ4n) is 1.91. The van der Waals surface area contributed by atoms with Crippen LogP contribution in [0.3, 0.4) is 0 Å². The van der Waals surface area contributed by atoms with Crippen molar-refractivity contribution in [1.82, 2.24) is 0 Å². The van der Waals surface area contributed by atoms with Gasteiger partial charge >= 0.3 is 5.97 Å². The van der Waals surface area contributed by atoms with Crippen molar-refractivity contribution in [3.05, 3.63) is 24.3 Å². The van der Waals surface area contributed by atoms with Gasteiger partial charge in [-0.05, 0) is 18.1 Å². The molecule has 1 aromatic rings. The minimum Gasteiger partial charge on any atom is -0.486 e. The monoisotopic (exact) mass is 282 g/mol. The van der Waals surface area contributed by atoms with Crippen molar-refractivity contribution in [2.75, 3.05) is 12.4 Å². The van der Waals surface area contributed by atoms with Crippen LogP contribution < -0.4 is 9.47 Å². The van der Waals surface area contributed by atoms with Crippen LogP contribution in [-0.2, 0) is 4.79 Å². The molecule has 0 spiro atoms. The minimum atomic E-state index is -0.767. The number of para-hydroxylation sites is 2. The number of carboxylic acids is 1. The largest absolute Gasteiger partial charge is 0.486 e. The Morgan fingerprint density at radius 1 is 1.42 bits per heavy atom. The molecule has 2 rings (SSSR count). The van der Waals surface area contributed by atoms with E-state index in [-0.39, 0.29) is 12.0 Å². The first-order valence-corrected chi connectivity index (χ1v) is 7.35. The van der Waals surface area contributed by atoms with E-state index in [1.54, 1.807) is 0 Å². The molecule has 0 saturated heterocycles. The molecule has 1 heterocycles. The lowest BCUT2D eigenvalue weighted by molar-refractivity contribution is -0.137. The summed E-state index contributed by atoms with van der Waals surface area (Å²) in [5.41, 5.74) is 0. The van der Waals surface area contributed by atoms with Crippen molar-refractivity contribution in [2.24, 2.45) is 5.92 Å². The zero-order valence-corrected chi connectivity index (χ0v) is 11.9. The molecule has 1 aromatic carbocycles. The molecule has 0 bridgehead atoms. The van der Waals surface area contributed by atoms with E-state index in [0.717, 1.165) is 11.5 Å². The summed E-state index contributed by atoms with van der Waals surface area (Å²) in [5, 5.41) is 8.74. The van der Waals surface area contributed by atoms with Gasteiger partial charge in [-0.2, -0.15) is 0 Å². The van der Waals surface area contributed by atoms with Crippen LogP contribution in [0.15, 0.2) is 24.3 Å². The number of fused-ring (bicyclic) bond motifs is 1. The summed E-state index contributed by atoms with van der Waals surface area (Å²) >= 11 is 1.41. The van der Waals surface area contributed by atoms with E-state index in [2.05, 4.69) is 0 Å². The molecule has 0 fully saturated rings. The van der Waals surface area contributed by atoms with Crippen molar-refractivity contribution in [3.63, 3.8) is 0 Å². The van der Waals surface area contributed by atoms with E-state index in [1.807, 2.05) is 38.1 Å². The summed E-state index contributed by atoms with van der Waals surface area (Å²) in [4.78, 5) is 11.1. The molecule has 1 N–H and O–H groups in total. The highest BCUT2D eigenvalue weighted by molar-refractivity contribution is 8.00. The quantitative estimate of drug-likeness (QED) is 0.899. The lowest BCUT2D eigenvalue weighted by Gasteiger charge is -2.27. The molecule has 0 amide bonds. The fourth-order valence-corrected chi connectivity index (χ4v) is 3.02. The van der Waals surface area contributed by atoms with Gasteiger partial charge in [-0.15, -0.1) is 11.8 Å². The number of benzene rings is 1. The van der Waals surface area contributed by atoms with Crippen molar-refractivity contribution in [3.8, 4) is 11.5 Å². The van der Waals surface area contributed by atoms with Gasteiger partial charge in [-0.25, -0.2) is 0 Å². The Morgan fingerprint density at radius 2 is 2.11 bits per heavy atom. The number of ether oxygens (including phenoxy) is 2. The third-order valence-corrected chi connectivity index (χ3v) is 4.55. The van der Waals surface area contributed by atoms with Gasteiger partial charge < -0.3 is 14.6 Å². The van der Waals surface area contributed by atoms with Gasteiger partial charge in [-0.1, -0.05) is 26.0 Å². The molecule has 1 aliphatic rings. The summed E-state index contributed by atoms with van der Waals surface area (Å²) in [6, 6.07) is 7.53. The Morgan fingerprint density at radius 3 is 2.74 bits per heavy atom. The second kappa shape index (κ2) is 6.19. The number of hydrogen-bond donors (Lipinski definition) is 1. The van der Waals surface area contributed by atoms with Crippen LogP contribution in [-0.4, -0.2) is 34.8 Å². The van der Waals surface area contributed by atoms with Crippen molar-refractivity contribution in [2.45, 2.75) is 25.2 Å². The molecule has 104 valence electrons. The highest BCUT2D eigenvalue weighted by atomic mass is 32.2. The summed E-state index contributed by atoms with van der Waals surface area (Å²) in [6.07, 6.45) is -0.0968. The molecule has 0 aromatic heterocycles. The second-order valence-electron chi connectivity index (χ2n) is 4.83. The number of rotatable bonds is 5. The lowest BCUT2D eigenvalue weighted by Crippen LogP contribution is -2.33. The minimum absolute atomic E-state index is 0.0966. The van der Waals surface area contributed by atoms with Crippen LogP contribution in [0.2, 0.25) is 0 Å². The smallest absolute Gasteiger partial charge is 0.316 e. The summed E-state index contributed by atoms with van der Waals surface area (Å²) in [6.45, 7) is 4.30. The van der Waals surface area contributed by atoms with Crippen LogP contribution in [0, 0.1) is 5.92 Å². The highest BCUT2D eigenvalue weighted by Gasteiger charge is 2.26. The maximum atomic E-state index is 11.1. The van der Waals surface area contributed by atoms with Gasteiger partial charge in [0.15, 0.2) is 11.5 Å². The Hall–Kier alpha value is -1.36. The zero-order chi connectivity index (χ0) is 13.8.